The number of aliphatic hydroxyl groups is 2. The van der Waals surface area contributed by atoms with Gasteiger partial charge in [-0.1, -0.05) is 61.4 Å². The average Bonchev–Trinajstić information content (AvgIpc) is 3.09. The van der Waals surface area contributed by atoms with Crippen LogP contribution in [0.2, 0.25) is 0 Å². The number of ether oxygens (including phenoxy) is 2. The molecule has 0 aliphatic heterocycles. The number of hydrogen-bond donors (Lipinski definition) is 2. The molecule has 0 bridgehead atoms. The Labute approximate surface area is 276 Å². The minimum Gasteiger partial charge on any atom is -0.462 e. The third-order valence-corrected chi connectivity index (χ3v) is 8.40. The van der Waals surface area contributed by atoms with Crippen LogP contribution < -0.4 is 0 Å². The first-order chi connectivity index (χ1) is 22.6. The number of carbonyl (C=O) groups is 2. The molecule has 0 fully saturated rings. The van der Waals surface area contributed by atoms with Crippen LogP contribution in [0.3, 0.4) is 0 Å². The molecule has 46 heavy (non-hydrogen) atoms. The summed E-state index contributed by atoms with van der Waals surface area (Å²) in [6, 6.07) is 23.1. The highest BCUT2D eigenvalue weighted by Crippen LogP contribution is 2.25. The Kier molecular flexibility index (Phi) is 18.4. The predicted octanol–water partition coefficient (Wildman–Crippen LogP) is 8.24. The van der Waals surface area contributed by atoms with Gasteiger partial charge in [0.1, 0.15) is 0 Å². The van der Waals surface area contributed by atoms with Crippen molar-refractivity contribution < 1.29 is 29.3 Å². The molecular weight excluding hydrogens is 576 g/mol. The lowest BCUT2D eigenvalue weighted by molar-refractivity contribution is 0.0488. The summed E-state index contributed by atoms with van der Waals surface area (Å²) in [6.07, 6.45) is 15.6. The van der Waals surface area contributed by atoms with Crippen LogP contribution in [0.5, 0.6) is 0 Å². The van der Waals surface area contributed by atoms with Crippen LogP contribution in [0.1, 0.15) is 120 Å². The van der Waals surface area contributed by atoms with Gasteiger partial charge in [-0.3, -0.25) is 0 Å². The van der Waals surface area contributed by atoms with Gasteiger partial charge < -0.3 is 19.7 Å². The van der Waals surface area contributed by atoms with E-state index in [0.717, 1.165) is 103 Å². The Balaban J connectivity index is 1.57. The lowest BCUT2D eigenvalue weighted by Gasteiger charge is -2.18. The summed E-state index contributed by atoms with van der Waals surface area (Å²) in [5.41, 5.74) is 6.84. The SMILES string of the molecule is O=C(OCCCCCc1cc(CCCCCO)c(CCCCCO)cc1CCCCCOC(=O)c1ccccc1)c1ccccc1. The van der Waals surface area contributed by atoms with Crippen molar-refractivity contribution in [2.24, 2.45) is 0 Å². The fourth-order valence-corrected chi connectivity index (χ4v) is 5.76. The van der Waals surface area contributed by atoms with Gasteiger partial charge in [-0.25, -0.2) is 9.59 Å². The van der Waals surface area contributed by atoms with Crippen molar-refractivity contribution in [3.05, 3.63) is 106 Å². The van der Waals surface area contributed by atoms with Crippen LogP contribution in [0.4, 0.5) is 0 Å². The number of hydrogen-bond acceptors (Lipinski definition) is 6. The van der Waals surface area contributed by atoms with E-state index in [1.54, 1.807) is 24.3 Å². The van der Waals surface area contributed by atoms with Gasteiger partial charge in [0.15, 0.2) is 0 Å². The zero-order chi connectivity index (χ0) is 32.7. The van der Waals surface area contributed by atoms with E-state index in [2.05, 4.69) is 12.1 Å². The van der Waals surface area contributed by atoms with Crippen molar-refractivity contribution in [3.8, 4) is 0 Å². The van der Waals surface area contributed by atoms with Crippen molar-refractivity contribution in [2.75, 3.05) is 26.4 Å². The van der Waals surface area contributed by atoms with Crippen molar-refractivity contribution in [1.29, 1.82) is 0 Å². The van der Waals surface area contributed by atoms with E-state index in [-0.39, 0.29) is 25.2 Å². The Hall–Kier alpha value is -3.48. The molecular formula is C40H54O6. The largest absolute Gasteiger partial charge is 0.462 e. The monoisotopic (exact) mass is 630 g/mol. The maximum atomic E-state index is 12.2. The van der Waals surface area contributed by atoms with Crippen LogP contribution in [0.15, 0.2) is 72.8 Å². The van der Waals surface area contributed by atoms with Gasteiger partial charge in [0.05, 0.1) is 24.3 Å². The van der Waals surface area contributed by atoms with E-state index in [1.165, 1.54) is 22.3 Å². The van der Waals surface area contributed by atoms with Crippen LogP contribution in [-0.4, -0.2) is 48.6 Å². The molecule has 0 saturated heterocycles. The summed E-state index contributed by atoms with van der Waals surface area (Å²) < 4.78 is 11.0. The summed E-state index contributed by atoms with van der Waals surface area (Å²) >= 11 is 0. The molecule has 3 rings (SSSR count). The number of rotatable bonds is 24. The Morgan fingerprint density at radius 2 is 0.761 bits per heavy atom. The van der Waals surface area contributed by atoms with E-state index >= 15 is 0 Å². The summed E-state index contributed by atoms with van der Waals surface area (Å²) in [5.74, 6) is -0.531. The second kappa shape index (κ2) is 22.9. The summed E-state index contributed by atoms with van der Waals surface area (Å²) in [4.78, 5) is 24.5. The smallest absolute Gasteiger partial charge is 0.338 e. The van der Waals surface area contributed by atoms with Gasteiger partial charge in [-0.15, -0.1) is 0 Å². The third kappa shape index (κ3) is 14.3. The first kappa shape index (κ1) is 37.0. The average molecular weight is 631 g/mol. The molecule has 0 saturated carbocycles. The van der Waals surface area contributed by atoms with Crippen molar-refractivity contribution >= 4 is 11.9 Å². The molecule has 0 aromatic heterocycles. The zero-order valence-corrected chi connectivity index (χ0v) is 27.6. The van der Waals surface area contributed by atoms with E-state index in [9.17, 15) is 19.8 Å². The molecule has 0 aliphatic rings. The predicted molar refractivity (Wildman–Crippen MR) is 184 cm³/mol. The van der Waals surface area contributed by atoms with Crippen LogP contribution in [0.25, 0.3) is 0 Å². The van der Waals surface area contributed by atoms with Crippen molar-refractivity contribution in [2.45, 2.75) is 103 Å². The number of carbonyl (C=O) groups excluding carboxylic acids is 2. The molecule has 250 valence electrons. The van der Waals surface area contributed by atoms with E-state index < -0.39 is 0 Å². The maximum absolute atomic E-state index is 12.2. The second-order valence-corrected chi connectivity index (χ2v) is 12.1. The van der Waals surface area contributed by atoms with Crippen molar-refractivity contribution in [3.63, 3.8) is 0 Å². The molecule has 6 heteroatoms. The van der Waals surface area contributed by atoms with Gasteiger partial charge in [0, 0.05) is 13.2 Å². The lowest BCUT2D eigenvalue weighted by atomic mass is 9.88. The zero-order valence-electron chi connectivity index (χ0n) is 27.6. The van der Waals surface area contributed by atoms with Gasteiger partial charge in [-0.2, -0.15) is 0 Å². The molecule has 6 nitrogen and oxygen atoms in total. The molecule has 0 unspecified atom stereocenters. The topological polar surface area (TPSA) is 93.1 Å². The number of esters is 2. The first-order valence-corrected chi connectivity index (χ1v) is 17.4. The lowest BCUT2D eigenvalue weighted by Crippen LogP contribution is -2.07. The summed E-state index contributed by atoms with van der Waals surface area (Å²) in [5, 5.41) is 18.5. The summed E-state index contributed by atoms with van der Waals surface area (Å²) in [7, 11) is 0. The highest BCUT2D eigenvalue weighted by molar-refractivity contribution is 5.89. The van der Waals surface area contributed by atoms with Crippen LogP contribution in [0, 0.1) is 0 Å². The van der Waals surface area contributed by atoms with E-state index in [4.69, 9.17) is 9.47 Å². The Bertz CT molecular complexity index is 1160. The standard InChI is InChI=1S/C40H54O6/c41-27-15-3-11-23-35-31-37(25-13-5-17-29-45-39(43)33-19-7-1-8-20-33)38(32-36(35)24-12-4-16-28-42)26-14-6-18-30-46-40(44)34-21-9-2-10-22-34/h1-2,7-10,19-22,31-32,41-42H,3-6,11-18,23-30H2. The highest BCUT2D eigenvalue weighted by Gasteiger charge is 2.12. The van der Waals surface area contributed by atoms with Crippen molar-refractivity contribution in [1.82, 2.24) is 0 Å². The number of aryl methyl sites for hydroxylation is 4. The molecule has 0 heterocycles. The number of aliphatic hydroxyl groups excluding tert-OH is 2. The first-order valence-electron chi connectivity index (χ1n) is 17.4. The van der Waals surface area contributed by atoms with Gasteiger partial charge in [0.25, 0.3) is 0 Å². The summed E-state index contributed by atoms with van der Waals surface area (Å²) in [6.45, 7) is 1.34. The molecule has 2 N–H and O–H groups in total. The molecule has 0 amide bonds. The molecule has 0 spiro atoms. The molecule has 0 aliphatic carbocycles. The molecule has 0 radical (unpaired) electrons. The Morgan fingerprint density at radius 1 is 0.435 bits per heavy atom. The third-order valence-electron chi connectivity index (χ3n) is 8.40. The maximum Gasteiger partial charge on any atom is 0.338 e. The molecule has 0 atom stereocenters. The van der Waals surface area contributed by atoms with Crippen LogP contribution in [-0.2, 0) is 35.2 Å². The highest BCUT2D eigenvalue weighted by atomic mass is 16.5. The fraction of sp³-hybridized carbons (Fsp3) is 0.500. The second-order valence-electron chi connectivity index (χ2n) is 12.1. The number of benzene rings is 3. The normalized spacial score (nSPS) is 11.0. The van der Waals surface area contributed by atoms with E-state index in [1.807, 2.05) is 36.4 Å². The van der Waals surface area contributed by atoms with Crippen LogP contribution >= 0.6 is 0 Å². The molecule has 3 aromatic rings. The quantitative estimate of drug-likeness (QED) is 0.0765. The van der Waals surface area contributed by atoms with Gasteiger partial charge >= 0.3 is 11.9 Å². The number of unbranched alkanes of at least 4 members (excludes halogenated alkanes) is 8. The minimum absolute atomic E-state index is 0.240. The minimum atomic E-state index is -0.266. The Morgan fingerprint density at radius 3 is 1.09 bits per heavy atom. The van der Waals surface area contributed by atoms with Gasteiger partial charge in [0.2, 0.25) is 0 Å². The fourth-order valence-electron chi connectivity index (χ4n) is 5.76. The molecule has 3 aromatic carbocycles. The van der Waals surface area contributed by atoms with E-state index in [0.29, 0.717) is 24.3 Å². The van der Waals surface area contributed by atoms with Gasteiger partial charge in [-0.05, 0) is 136 Å².